The highest BCUT2D eigenvalue weighted by atomic mass is 16.5. The second kappa shape index (κ2) is 6.72. The van der Waals surface area contributed by atoms with Crippen molar-refractivity contribution in [3.05, 3.63) is 59.4 Å². The van der Waals surface area contributed by atoms with Gasteiger partial charge in [-0.1, -0.05) is 25.1 Å². The van der Waals surface area contributed by atoms with Gasteiger partial charge in [0, 0.05) is 18.0 Å². The topological polar surface area (TPSA) is 34.2 Å². The van der Waals surface area contributed by atoms with Crippen LogP contribution in [0.1, 0.15) is 42.5 Å². The van der Waals surface area contributed by atoms with Gasteiger partial charge in [-0.2, -0.15) is 0 Å². The SMILES string of the molecule is CCCNC(c1ccncc1)c1cccc2c1OCCC2. The van der Waals surface area contributed by atoms with E-state index in [2.05, 4.69) is 47.6 Å². The fourth-order valence-corrected chi connectivity index (χ4v) is 2.89. The van der Waals surface area contributed by atoms with Gasteiger partial charge in [0.2, 0.25) is 0 Å². The van der Waals surface area contributed by atoms with Crippen LogP contribution >= 0.6 is 0 Å². The molecule has 0 fully saturated rings. The molecule has 2 aromatic rings. The number of nitrogens with zero attached hydrogens (tertiary/aromatic N) is 1. The molecule has 0 radical (unpaired) electrons. The first-order valence-corrected chi connectivity index (χ1v) is 7.78. The monoisotopic (exact) mass is 282 g/mol. The molecule has 1 aliphatic heterocycles. The van der Waals surface area contributed by atoms with Crippen LogP contribution in [0.2, 0.25) is 0 Å². The summed E-state index contributed by atoms with van der Waals surface area (Å²) in [4.78, 5) is 4.13. The van der Waals surface area contributed by atoms with Crippen molar-refractivity contribution in [2.24, 2.45) is 0 Å². The second-order valence-electron chi connectivity index (χ2n) is 5.46. The number of ether oxygens (including phenoxy) is 1. The summed E-state index contributed by atoms with van der Waals surface area (Å²) >= 11 is 0. The molecule has 1 aliphatic rings. The maximum absolute atomic E-state index is 5.98. The maximum atomic E-state index is 5.98. The average Bonchev–Trinajstić information content (AvgIpc) is 2.56. The van der Waals surface area contributed by atoms with Crippen LogP contribution in [0.5, 0.6) is 5.75 Å². The fraction of sp³-hybridized carbons (Fsp3) is 0.389. The Balaban J connectivity index is 2.00. The minimum absolute atomic E-state index is 0.168. The van der Waals surface area contributed by atoms with E-state index in [0.29, 0.717) is 0 Å². The Bertz CT molecular complexity index is 583. The summed E-state index contributed by atoms with van der Waals surface area (Å²) in [7, 11) is 0. The smallest absolute Gasteiger partial charge is 0.127 e. The third kappa shape index (κ3) is 3.08. The van der Waals surface area contributed by atoms with Crippen molar-refractivity contribution >= 4 is 0 Å². The Morgan fingerprint density at radius 2 is 2.10 bits per heavy atom. The quantitative estimate of drug-likeness (QED) is 0.911. The highest BCUT2D eigenvalue weighted by Crippen LogP contribution is 2.35. The summed E-state index contributed by atoms with van der Waals surface area (Å²) < 4.78 is 5.98. The largest absolute Gasteiger partial charge is 0.493 e. The van der Waals surface area contributed by atoms with E-state index in [-0.39, 0.29) is 6.04 Å². The van der Waals surface area contributed by atoms with E-state index in [0.717, 1.165) is 38.2 Å². The molecule has 110 valence electrons. The van der Waals surface area contributed by atoms with Crippen molar-refractivity contribution in [2.75, 3.05) is 13.2 Å². The second-order valence-corrected chi connectivity index (χ2v) is 5.46. The number of aryl methyl sites for hydroxylation is 1. The molecule has 0 spiro atoms. The number of benzene rings is 1. The van der Waals surface area contributed by atoms with Crippen LogP contribution in [-0.2, 0) is 6.42 Å². The highest BCUT2D eigenvalue weighted by molar-refractivity contribution is 5.47. The Hall–Kier alpha value is -1.87. The Kier molecular flexibility index (Phi) is 4.51. The van der Waals surface area contributed by atoms with Crippen LogP contribution in [0.3, 0.4) is 0 Å². The van der Waals surface area contributed by atoms with E-state index in [1.807, 2.05) is 12.4 Å². The van der Waals surface area contributed by atoms with Gasteiger partial charge < -0.3 is 10.1 Å². The lowest BCUT2D eigenvalue weighted by Crippen LogP contribution is -2.25. The maximum Gasteiger partial charge on any atom is 0.127 e. The van der Waals surface area contributed by atoms with Gasteiger partial charge >= 0.3 is 0 Å². The lowest BCUT2D eigenvalue weighted by Gasteiger charge is -2.26. The zero-order chi connectivity index (χ0) is 14.5. The molecular formula is C18H22N2O. The van der Waals surface area contributed by atoms with Crippen molar-refractivity contribution in [3.63, 3.8) is 0 Å². The minimum Gasteiger partial charge on any atom is -0.493 e. The molecule has 0 aliphatic carbocycles. The Morgan fingerprint density at radius 1 is 1.24 bits per heavy atom. The number of hydrogen-bond donors (Lipinski definition) is 1. The molecule has 1 N–H and O–H groups in total. The van der Waals surface area contributed by atoms with Gasteiger partial charge in [0.25, 0.3) is 0 Å². The fourth-order valence-electron chi connectivity index (χ4n) is 2.89. The lowest BCUT2D eigenvalue weighted by atomic mass is 9.94. The van der Waals surface area contributed by atoms with Crippen molar-refractivity contribution in [2.45, 2.75) is 32.2 Å². The first-order valence-electron chi connectivity index (χ1n) is 7.78. The van der Waals surface area contributed by atoms with Crippen LogP contribution in [0, 0.1) is 0 Å². The van der Waals surface area contributed by atoms with Crippen LogP contribution in [-0.4, -0.2) is 18.1 Å². The summed E-state index contributed by atoms with van der Waals surface area (Å²) in [6.45, 7) is 3.99. The summed E-state index contributed by atoms with van der Waals surface area (Å²) in [5.74, 6) is 1.08. The number of hydrogen-bond acceptors (Lipinski definition) is 3. The third-order valence-electron chi connectivity index (χ3n) is 3.91. The molecule has 21 heavy (non-hydrogen) atoms. The van der Waals surface area contributed by atoms with E-state index in [1.54, 1.807) is 0 Å². The average molecular weight is 282 g/mol. The van der Waals surface area contributed by atoms with Crippen molar-refractivity contribution < 1.29 is 4.74 Å². The molecule has 2 heterocycles. The summed E-state index contributed by atoms with van der Waals surface area (Å²) in [5.41, 5.74) is 3.81. The van der Waals surface area contributed by atoms with Crippen LogP contribution < -0.4 is 10.1 Å². The number of pyridine rings is 1. The molecular weight excluding hydrogens is 260 g/mol. The molecule has 0 saturated carbocycles. The summed E-state index contributed by atoms with van der Waals surface area (Å²) in [6.07, 6.45) is 7.04. The number of nitrogens with one attached hydrogen (secondary N) is 1. The Morgan fingerprint density at radius 3 is 2.90 bits per heavy atom. The lowest BCUT2D eigenvalue weighted by molar-refractivity contribution is 0.283. The van der Waals surface area contributed by atoms with Crippen LogP contribution in [0.4, 0.5) is 0 Å². The Labute approximate surface area is 126 Å². The molecule has 0 saturated heterocycles. The molecule has 0 amide bonds. The molecule has 3 nitrogen and oxygen atoms in total. The molecule has 3 heteroatoms. The zero-order valence-electron chi connectivity index (χ0n) is 12.5. The van der Waals surface area contributed by atoms with Crippen molar-refractivity contribution in [1.82, 2.24) is 10.3 Å². The van der Waals surface area contributed by atoms with Gasteiger partial charge in [-0.3, -0.25) is 4.98 Å². The zero-order valence-corrected chi connectivity index (χ0v) is 12.5. The number of aromatic nitrogens is 1. The normalized spacial score (nSPS) is 15.1. The standard InChI is InChI=1S/C18H22N2O/c1-2-10-20-17(14-8-11-19-12-9-14)16-7-3-5-15-6-4-13-21-18(15)16/h3,5,7-9,11-12,17,20H,2,4,6,10,13H2,1H3. The number of para-hydroxylation sites is 1. The minimum atomic E-state index is 0.168. The van der Waals surface area contributed by atoms with E-state index < -0.39 is 0 Å². The highest BCUT2D eigenvalue weighted by Gasteiger charge is 2.21. The molecule has 1 atom stereocenters. The first-order chi connectivity index (χ1) is 10.4. The summed E-state index contributed by atoms with van der Waals surface area (Å²) in [5, 5.41) is 3.64. The molecule has 1 unspecified atom stereocenters. The first kappa shape index (κ1) is 14.1. The van der Waals surface area contributed by atoms with E-state index in [9.17, 15) is 0 Å². The van der Waals surface area contributed by atoms with Crippen molar-refractivity contribution in [1.29, 1.82) is 0 Å². The predicted octanol–water partition coefficient (Wildman–Crippen LogP) is 3.50. The molecule has 3 rings (SSSR count). The van der Waals surface area contributed by atoms with Gasteiger partial charge in [-0.15, -0.1) is 0 Å². The van der Waals surface area contributed by atoms with E-state index in [4.69, 9.17) is 4.74 Å². The molecule has 1 aromatic heterocycles. The van der Waals surface area contributed by atoms with Gasteiger partial charge in [-0.25, -0.2) is 0 Å². The molecule has 1 aromatic carbocycles. The number of rotatable bonds is 5. The number of fused-ring (bicyclic) bond motifs is 1. The summed E-state index contributed by atoms with van der Waals surface area (Å²) in [6, 6.07) is 10.8. The van der Waals surface area contributed by atoms with Gasteiger partial charge in [0.15, 0.2) is 0 Å². The molecule has 0 bridgehead atoms. The van der Waals surface area contributed by atoms with Gasteiger partial charge in [0.1, 0.15) is 5.75 Å². The van der Waals surface area contributed by atoms with Crippen LogP contribution in [0.15, 0.2) is 42.7 Å². The van der Waals surface area contributed by atoms with Gasteiger partial charge in [-0.05, 0) is 49.1 Å². The van der Waals surface area contributed by atoms with Crippen LogP contribution in [0.25, 0.3) is 0 Å². The van der Waals surface area contributed by atoms with Crippen molar-refractivity contribution in [3.8, 4) is 5.75 Å². The van der Waals surface area contributed by atoms with E-state index in [1.165, 1.54) is 16.7 Å². The predicted molar refractivity (Wildman–Crippen MR) is 84.6 cm³/mol. The third-order valence-corrected chi connectivity index (χ3v) is 3.91. The van der Waals surface area contributed by atoms with E-state index >= 15 is 0 Å². The van der Waals surface area contributed by atoms with Gasteiger partial charge in [0.05, 0.1) is 12.6 Å².